The van der Waals surface area contributed by atoms with Crippen molar-refractivity contribution >= 4 is 5.91 Å². The van der Waals surface area contributed by atoms with Gasteiger partial charge in [0.15, 0.2) is 0 Å². The second-order valence-electron chi connectivity index (χ2n) is 10.8. The fourth-order valence-electron chi connectivity index (χ4n) is 4.64. The van der Waals surface area contributed by atoms with Crippen LogP contribution in [0.1, 0.15) is 61.4 Å². The van der Waals surface area contributed by atoms with Crippen molar-refractivity contribution in [1.29, 1.82) is 0 Å². The van der Waals surface area contributed by atoms with Crippen LogP contribution in [0.25, 0.3) is 0 Å². The molecule has 1 aromatic carbocycles. The topological polar surface area (TPSA) is 199 Å². The van der Waals surface area contributed by atoms with Gasteiger partial charge in [0, 0.05) is 43.8 Å². The first kappa shape index (κ1) is 33.7. The van der Waals surface area contributed by atoms with Gasteiger partial charge in [0.2, 0.25) is 18.1 Å². The SMILES string of the molecule is Cc1cc(OCCCNCCC(=O)NCCCO)ccc1Cc1c(O[C@@H]2O[C@H](CO)[C@@H](O)[C@H](O)[C@H]2O)n[nH]c1C(C)C. The number of aliphatic hydroxyl groups excluding tert-OH is 5. The average molecular weight is 595 g/mol. The Morgan fingerprint density at radius 2 is 1.88 bits per heavy atom. The van der Waals surface area contributed by atoms with Gasteiger partial charge < -0.3 is 50.4 Å². The predicted molar refractivity (Wildman–Crippen MR) is 153 cm³/mol. The number of aryl methyl sites for hydroxylation is 1. The lowest BCUT2D eigenvalue weighted by Crippen LogP contribution is -2.60. The summed E-state index contributed by atoms with van der Waals surface area (Å²) >= 11 is 0. The largest absolute Gasteiger partial charge is 0.494 e. The normalized spacial score (nSPS) is 22.4. The first-order valence-electron chi connectivity index (χ1n) is 14.5. The smallest absolute Gasteiger partial charge is 0.238 e. The number of nitrogens with one attached hydrogen (secondary N) is 3. The fraction of sp³-hybridized carbons (Fsp3) is 0.655. The molecular weight excluding hydrogens is 548 g/mol. The Morgan fingerprint density at radius 1 is 1.10 bits per heavy atom. The van der Waals surface area contributed by atoms with E-state index in [1.807, 2.05) is 39.0 Å². The number of benzene rings is 1. The van der Waals surface area contributed by atoms with Crippen molar-refractivity contribution in [2.45, 2.75) is 83.1 Å². The summed E-state index contributed by atoms with van der Waals surface area (Å²) in [5.74, 6) is 1.01. The summed E-state index contributed by atoms with van der Waals surface area (Å²) in [4.78, 5) is 11.7. The van der Waals surface area contributed by atoms with Gasteiger partial charge in [-0.15, -0.1) is 5.10 Å². The third-order valence-electron chi connectivity index (χ3n) is 7.15. The van der Waals surface area contributed by atoms with Crippen molar-refractivity contribution in [3.05, 3.63) is 40.6 Å². The molecule has 236 valence electrons. The van der Waals surface area contributed by atoms with Crippen LogP contribution in [0.3, 0.4) is 0 Å². The second kappa shape index (κ2) is 16.8. The molecule has 13 nitrogen and oxygen atoms in total. The predicted octanol–water partition coefficient (Wildman–Crippen LogP) is -0.142. The van der Waals surface area contributed by atoms with Gasteiger partial charge in [-0.1, -0.05) is 19.9 Å². The van der Waals surface area contributed by atoms with Crippen LogP contribution in [-0.2, 0) is 16.0 Å². The zero-order valence-corrected chi connectivity index (χ0v) is 24.6. The number of aromatic nitrogens is 2. The third-order valence-corrected chi connectivity index (χ3v) is 7.15. The Kier molecular flexibility index (Phi) is 13.4. The first-order chi connectivity index (χ1) is 20.2. The number of nitrogens with zero attached hydrogens (tertiary/aromatic N) is 1. The maximum atomic E-state index is 11.7. The average Bonchev–Trinajstić information content (AvgIpc) is 3.36. The summed E-state index contributed by atoms with van der Waals surface area (Å²) in [7, 11) is 0. The number of carbonyl (C=O) groups excluding carboxylic acids is 1. The molecule has 1 aliphatic rings. The number of amides is 1. The molecule has 0 aliphatic carbocycles. The van der Waals surface area contributed by atoms with E-state index in [0.717, 1.165) is 41.1 Å². The van der Waals surface area contributed by atoms with Gasteiger partial charge in [0.05, 0.1) is 13.2 Å². The number of H-pyrrole nitrogens is 1. The van der Waals surface area contributed by atoms with Gasteiger partial charge >= 0.3 is 0 Å². The maximum Gasteiger partial charge on any atom is 0.238 e. The summed E-state index contributed by atoms with van der Waals surface area (Å²) < 4.78 is 17.3. The maximum absolute atomic E-state index is 11.7. The van der Waals surface area contributed by atoms with E-state index < -0.39 is 37.3 Å². The number of ether oxygens (including phenoxy) is 3. The van der Waals surface area contributed by atoms with E-state index in [0.29, 0.717) is 39.0 Å². The van der Waals surface area contributed by atoms with Crippen LogP contribution < -0.4 is 20.1 Å². The van der Waals surface area contributed by atoms with Crippen LogP contribution in [0.2, 0.25) is 0 Å². The molecule has 42 heavy (non-hydrogen) atoms. The Hall–Kier alpha value is -2.78. The first-order valence-corrected chi connectivity index (χ1v) is 14.5. The summed E-state index contributed by atoms with van der Waals surface area (Å²) in [6.07, 6.45) is -4.78. The van der Waals surface area contributed by atoms with Crippen molar-refractivity contribution in [1.82, 2.24) is 20.8 Å². The molecule has 1 saturated heterocycles. The van der Waals surface area contributed by atoms with Crippen LogP contribution in [0.5, 0.6) is 11.6 Å². The van der Waals surface area contributed by atoms with Crippen LogP contribution in [0, 0.1) is 6.92 Å². The number of carbonyl (C=O) groups is 1. The van der Waals surface area contributed by atoms with Crippen molar-refractivity contribution in [2.24, 2.45) is 0 Å². The molecule has 0 unspecified atom stereocenters. The van der Waals surface area contributed by atoms with E-state index >= 15 is 0 Å². The summed E-state index contributed by atoms with van der Waals surface area (Å²) in [6, 6.07) is 5.85. The van der Waals surface area contributed by atoms with E-state index in [1.165, 1.54) is 0 Å². The molecular formula is C29H46N4O9. The lowest BCUT2D eigenvalue weighted by Gasteiger charge is -2.39. The second-order valence-corrected chi connectivity index (χ2v) is 10.8. The molecule has 0 bridgehead atoms. The van der Waals surface area contributed by atoms with Gasteiger partial charge in [0.1, 0.15) is 30.2 Å². The van der Waals surface area contributed by atoms with Crippen LogP contribution >= 0.6 is 0 Å². The highest BCUT2D eigenvalue weighted by Gasteiger charge is 2.45. The van der Waals surface area contributed by atoms with Crippen molar-refractivity contribution in [3.8, 4) is 11.6 Å². The van der Waals surface area contributed by atoms with E-state index in [2.05, 4.69) is 20.8 Å². The Bertz CT molecular complexity index is 1110. The van der Waals surface area contributed by atoms with Gasteiger partial charge in [-0.3, -0.25) is 9.89 Å². The Morgan fingerprint density at radius 3 is 2.57 bits per heavy atom. The molecule has 13 heteroatoms. The zero-order valence-electron chi connectivity index (χ0n) is 24.6. The molecule has 1 aromatic heterocycles. The zero-order chi connectivity index (χ0) is 30.6. The number of aliphatic hydroxyl groups is 5. The number of rotatable bonds is 17. The summed E-state index contributed by atoms with van der Waals surface area (Å²) in [5.41, 5.74) is 3.65. The minimum absolute atomic E-state index is 0.0359. The molecule has 0 radical (unpaired) electrons. The number of hydrogen-bond donors (Lipinski definition) is 8. The lowest BCUT2D eigenvalue weighted by atomic mass is 9.96. The minimum Gasteiger partial charge on any atom is -0.494 e. The highest BCUT2D eigenvalue weighted by Crippen LogP contribution is 2.32. The van der Waals surface area contributed by atoms with Crippen LogP contribution in [0.4, 0.5) is 0 Å². The van der Waals surface area contributed by atoms with E-state index in [9.17, 15) is 25.2 Å². The quantitative estimate of drug-likeness (QED) is 0.113. The van der Waals surface area contributed by atoms with Crippen molar-refractivity contribution in [2.75, 3.05) is 39.5 Å². The lowest BCUT2D eigenvalue weighted by molar-refractivity contribution is -0.278. The molecule has 8 N–H and O–H groups in total. The highest BCUT2D eigenvalue weighted by atomic mass is 16.7. The van der Waals surface area contributed by atoms with Crippen molar-refractivity contribution in [3.63, 3.8) is 0 Å². The minimum atomic E-state index is -1.55. The number of aromatic amines is 1. The molecule has 2 heterocycles. The van der Waals surface area contributed by atoms with Gasteiger partial charge in [0.25, 0.3) is 0 Å². The molecule has 0 saturated carbocycles. The van der Waals surface area contributed by atoms with Gasteiger partial charge in [-0.25, -0.2) is 0 Å². The number of hydrogen-bond acceptors (Lipinski definition) is 11. The van der Waals surface area contributed by atoms with Crippen LogP contribution in [-0.4, -0.2) is 112 Å². The standard InChI is InChI=1S/C29H46N4O9/c1-17(2)24-21(28(33-32-24)42-29-27(39)26(38)25(37)22(16-35)41-29)15-19-6-7-20(14-18(19)3)40-13-5-9-30-11-8-23(36)31-10-4-12-34/h6-7,14,17,22,25-27,29-30,34-35,37-39H,4-5,8-13,15-16H2,1-3H3,(H,31,36)(H,32,33)/t22-,25-,26+,27-,29+/m1/s1. The fourth-order valence-corrected chi connectivity index (χ4v) is 4.64. The molecule has 2 aromatic rings. The Balaban J connectivity index is 1.54. The van der Waals surface area contributed by atoms with Crippen molar-refractivity contribution < 1.29 is 44.5 Å². The summed E-state index contributed by atoms with van der Waals surface area (Å²) in [5, 5.41) is 62.1. The van der Waals surface area contributed by atoms with Crippen LogP contribution in [0.15, 0.2) is 18.2 Å². The molecule has 0 spiro atoms. The van der Waals surface area contributed by atoms with E-state index in [-0.39, 0.29) is 24.3 Å². The third kappa shape index (κ3) is 9.36. The monoisotopic (exact) mass is 594 g/mol. The molecule has 1 fully saturated rings. The molecule has 1 aliphatic heterocycles. The molecule has 1 amide bonds. The Labute approximate surface area is 246 Å². The van der Waals surface area contributed by atoms with Gasteiger partial charge in [-0.05, 0) is 55.5 Å². The van der Waals surface area contributed by atoms with Gasteiger partial charge in [-0.2, -0.15) is 0 Å². The van der Waals surface area contributed by atoms with E-state index in [4.69, 9.17) is 19.3 Å². The highest BCUT2D eigenvalue weighted by molar-refractivity contribution is 5.75. The van der Waals surface area contributed by atoms with E-state index in [1.54, 1.807) is 0 Å². The molecule has 3 rings (SSSR count). The summed E-state index contributed by atoms with van der Waals surface area (Å²) in [6.45, 7) is 7.83. The molecule has 5 atom stereocenters.